The summed E-state index contributed by atoms with van der Waals surface area (Å²) >= 11 is 0. The molecule has 0 aliphatic heterocycles. The van der Waals surface area contributed by atoms with Crippen LogP contribution in [0.25, 0.3) is 0 Å². The van der Waals surface area contributed by atoms with Gasteiger partial charge in [0.25, 0.3) is 0 Å². The molecule has 176 valence electrons. The van der Waals surface area contributed by atoms with Gasteiger partial charge in [-0.2, -0.15) is 0 Å². The second-order valence-electron chi connectivity index (χ2n) is 11.4. The predicted molar refractivity (Wildman–Crippen MR) is 138 cm³/mol. The van der Waals surface area contributed by atoms with Crippen molar-refractivity contribution in [3.05, 3.63) is 24.3 Å². The minimum atomic E-state index is 0.539. The quantitative estimate of drug-likeness (QED) is 0.137. The second kappa shape index (κ2) is 17.1. The molecule has 0 heteroatoms. The minimum absolute atomic E-state index is 0.539. The molecule has 0 aromatic rings. The van der Waals surface area contributed by atoms with Crippen molar-refractivity contribution in [3.8, 4) is 0 Å². The summed E-state index contributed by atoms with van der Waals surface area (Å²) in [6.07, 6.45) is 33.3. The third-order valence-electron chi connectivity index (χ3n) is 7.30. The second-order valence-corrected chi connectivity index (χ2v) is 11.4. The zero-order chi connectivity index (χ0) is 22.1. The van der Waals surface area contributed by atoms with Crippen LogP contribution in [0.1, 0.15) is 144 Å². The molecule has 1 fully saturated rings. The Balaban J connectivity index is 1.92. The highest BCUT2D eigenvalue weighted by Gasteiger charge is 2.18. The SMILES string of the molecule is CCC(C)CCCCC=CCCCC(C)CCCC(C)(C)CCCCC=CC1CC1. The number of unbranched alkanes of at least 4 members (excludes halogenated alkanes) is 5. The molecular weight excluding hydrogens is 360 g/mol. The minimum Gasteiger partial charge on any atom is -0.0885 e. The van der Waals surface area contributed by atoms with Crippen LogP contribution in [0.5, 0.6) is 0 Å². The highest BCUT2D eigenvalue weighted by Crippen LogP contribution is 2.32. The van der Waals surface area contributed by atoms with Gasteiger partial charge in [0, 0.05) is 0 Å². The van der Waals surface area contributed by atoms with Crippen molar-refractivity contribution in [1.82, 2.24) is 0 Å². The Labute approximate surface area is 191 Å². The Morgan fingerprint density at radius 2 is 1.27 bits per heavy atom. The van der Waals surface area contributed by atoms with Gasteiger partial charge in [-0.1, -0.05) is 104 Å². The lowest BCUT2D eigenvalue weighted by Crippen LogP contribution is -2.11. The Bertz CT molecular complexity index is 437. The van der Waals surface area contributed by atoms with E-state index in [1.165, 1.54) is 109 Å². The first kappa shape index (κ1) is 27.5. The number of rotatable bonds is 20. The zero-order valence-corrected chi connectivity index (χ0v) is 21.6. The first-order chi connectivity index (χ1) is 14.4. The molecule has 0 radical (unpaired) electrons. The topological polar surface area (TPSA) is 0 Å². The van der Waals surface area contributed by atoms with Gasteiger partial charge in [0.2, 0.25) is 0 Å². The highest BCUT2D eigenvalue weighted by molar-refractivity contribution is 4.95. The average molecular weight is 417 g/mol. The molecule has 0 saturated heterocycles. The smallest absolute Gasteiger partial charge is 0.0233 e. The van der Waals surface area contributed by atoms with E-state index in [0.29, 0.717) is 5.41 Å². The van der Waals surface area contributed by atoms with Crippen molar-refractivity contribution < 1.29 is 0 Å². The summed E-state index contributed by atoms with van der Waals surface area (Å²) in [5.41, 5.74) is 0.539. The fourth-order valence-corrected chi connectivity index (χ4v) is 4.42. The molecule has 0 nitrogen and oxygen atoms in total. The highest BCUT2D eigenvalue weighted by atomic mass is 14.2. The van der Waals surface area contributed by atoms with Gasteiger partial charge in [-0.05, 0) is 87.4 Å². The van der Waals surface area contributed by atoms with Crippen LogP contribution < -0.4 is 0 Å². The van der Waals surface area contributed by atoms with E-state index in [0.717, 1.165) is 17.8 Å². The lowest BCUT2D eigenvalue weighted by Gasteiger charge is -2.25. The van der Waals surface area contributed by atoms with E-state index in [4.69, 9.17) is 0 Å². The van der Waals surface area contributed by atoms with E-state index in [2.05, 4.69) is 58.9 Å². The Hall–Kier alpha value is -0.520. The Morgan fingerprint density at radius 3 is 1.97 bits per heavy atom. The molecule has 0 N–H and O–H groups in total. The maximum absolute atomic E-state index is 2.49. The molecule has 0 aromatic heterocycles. The van der Waals surface area contributed by atoms with Gasteiger partial charge in [0.1, 0.15) is 0 Å². The fraction of sp³-hybridized carbons (Fsp3) is 0.867. The van der Waals surface area contributed by atoms with Gasteiger partial charge in [-0.3, -0.25) is 0 Å². The van der Waals surface area contributed by atoms with E-state index in [-0.39, 0.29) is 0 Å². The van der Waals surface area contributed by atoms with Crippen molar-refractivity contribution in [2.45, 2.75) is 144 Å². The van der Waals surface area contributed by atoms with E-state index < -0.39 is 0 Å². The number of allylic oxidation sites excluding steroid dienone is 4. The molecular formula is C30H56. The summed E-state index contributed by atoms with van der Waals surface area (Å²) in [7, 11) is 0. The first-order valence-electron chi connectivity index (χ1n) is 13.7. The van der Waals surface area contributed by atoms with Crippen LogP contribution in [-0.2, 0) is 0 Å². The Kier molecular flexibility index (Phi) is 15.7. The molecule has 2 atom stereocenters. The lowest BCUT2D eigenvalue weighted by atomic mass is 9.81. The van der Waals surface area contributed by atoms with Gasteiger partial charge >= 0.3 is 0 Å². The predicted octanol–water partition coefficient (Wildman–Crippen LogP) is 10.7. The molecule has 0 bridgehead atoms. The molecule has 1 aliphatic rings. The van der Waals surface area contributed by atoms with Crippen molar-refractivity contribution in [2.75, 3.05) is 0 Å². The van der Waals surface area contributed by atoms with Gasteiger partial charge in [0.15, 0.2) is 0 Å². The third-order valence-corrected chi connectivity index (χ3v) is 7.30. The van der Waals surface area contributed by atoms with Gasteiger partial charge in [-0.15, -0.1) is 0 Å². The number of hydrogen-bond donors (Lipinski definition) is 0. The van der Waals surface area contributed by atoms with Crippen molar-refractivity contribution >= 4 is 0 Å². The average Bonchev–Trinajstić information content (AvgIpc) is 3.53. The van der Waals surface area contributed by atoms with Crippen LogP contribution in [0.15, 0.2) is 24.3 Å². The summed E-state index contributed by atoms with van der Waals surface area (Å²) in [5.74, 6) is 2.76. The van der Waals surface area contributed by atoms with E-state index in [1.54, 1.807) is 0 Å². The molecule has 1 rings (SSSR count). The van der Waals surface area contributed by atoms with E-state index in [9.17, 15) is 0 Å². The van der Waals surface area contributed by atoms with Crippen LogP contribution in [0.2, 0.25) is 0 Å². The largest absolute Gasteiger partial charge is 0.0885 e. The van der Waals surface area contributed by atoms with Gasteiger partial charge < -0.3 is 0 Å². The van der Waals surface area contributed by atoms with E-state index >= 15 is 0 Å². The summed E-state index contributed by atoms with van der Waals surface area (Å²) in [6, 6.07) is 0. The Morgan fingerprint density at radius 1 is 0.700 bits per heavy atom. The van der Waals surface area contributed by atoms with Crippen LogP contribution >= 0.6 is 0 Å². The monoisotopic (exact) mass is 416 g/mol. The summed E-state index contributed by atoms with van der Waals surface area (Å²) in [6.45, 7) is 12.1. The van der Waals surface area contributed by atoms with Crippen molar-refractivity contribution in [3.63, 3.8) is 0 Å². The molecule has 0 amide bonds. The normalized spacial score (nSPS) is 17.2. The molecule has 0 aromatic carbocycles. The molecule has 1 aliphatic carbocycles. The van der Waals surface area contributed by atoms with Crippen LogP contribution in [-0.4, -0.2) is 0 Å². The van der Waals surface area contributed by atoms with Gasteiger partial charge in [-0.25, -0.2) is 0 Å². The third kappa shape index (κ3) is 17.2. The maximum atomic E-state index is 2.49. The van der Waals surface area contributed by atoms with Crippen molar-refractivity contribution in [1.29, 1.82) is 0 Å². The van der Waals surface area contributed by atoms with Crippen LogP contribution in [0.3, 0.4) is 0 Å². The van der Waals surface area contributed by atoms with Crippen molar-refractivity contribution in [2.24, 2.45) is 23.2 Å². The molecule has 0 heterocycles. The molecule has 1 saturated carbocycles. The summed E-state index contributed by atoms with van der Waals surface area (Å²) in [4.78, 5) is 0. The standard InChI is InChI=1S/C30H56/c1-6-27(2)19-14-10-8-7-9-11-15-20-28(3)21-18-26-30(4,5)25-17-13-12-16-22-29-23-24-29/h7,9,16,22,27-29H,6,8,10-15,17-21,23-26H2,1-5H3. The lowest BCUT2D eigenvalue weighted by molar-refractivity contribution is 0.275. The summed E-state index contributed by atoms with van der Waals surface area (Å²) in [5, 5.41) is 0. The summed E-state index contributed by atoms with van der Waals surface area (Å²) < 4.78 is 0. The zero-order valence-electron chi connectivity index (χ0n) is 21.6. The molecule has 0 spiro atoms. The van der Waals surface area contributed by atoms with Crippen LogP contribution in [0.4, 0.5) is 0 Å². The van der Waals surface area contributed by atoms with E-state index in [1.807, 2.05) is 0 Å². The fourth-order valence-electron chi connectivity index (χ4n) is 4.42. The molecule has 2 unspecified atom stereocenters. The van der Waals surface area contributed by atoms with Gasteiger partial charge in [0.05, 0.1) is 0 Å². The number of hydrogen-bond acceptors (Lipinski definition) is 0. The maximum Gasteiger partial charge on any atom is -0.0233 e. The first-order valence-corrected chi connectivity index (χ1v) is 13.7. The van der Waals surface area contributed by atoms with Crippen LogP contribution in [0, 0.1) is 23.2 Å². The molecule has 30 heavy (non-hydrogen) atoms.